The fourth-order valence-electron chi connectivity index (χ4n) is 9.21. The minimum absolute atomic E-state index is 0.0829. The van der Waals surface area contributed by atoms with Crippen molar-refractivity contribution in [1.82, 2.24) is 30.1 Å². The van der Waals surface area contributed by atoms with Gasteiger partial charge in [-0.1, -0.05) is 48.5 Å². The molecule has 0 bridgehead atoms. The van der Waals surface area contributed by atoms with Crippen LogP contribution in [0.4, 0.5) is 27.2 Å². The van der Waals surface area contributed by atoms with Crippen molar-refractivity contribution in [2.45, 2.75) is 75.2 Å². The summed E-state index contributed by atoms with van der Waals surface area (Å²) in [5, 5.41) is 3.71. The van der Waals surface area contributed by atoms with Gasteiger partial charge in [0, 0.05) is 44.8 Å². The van der Waals surface area contributed by atoms with Gasteiger partial charge in [0.1, 0.15) is 36.3 Å². The average molecular weight is 877 g/mol. The predicted octanol–water partition coefficient (Wildman–Crippen LogP) is 7.31. The molecule has 3 fully saturated rings. The van der Waals surface area contributed by atoms with E-state index in [2.05, 4.69) is 25.2 Å². The number of alkyl carbamates (subject to hydrolysis) is 1. The zero-order chi connectivity index (χ0) is 44.4. The number of aromatic nitrogens is 3. The zero-order valence-corrected chi connectivity index (χ0v) is 34.9. The number of nitrogens with zero attached hydrogens (tertiary/aromatic N) is 4. The lowest BCUT2D eigenvalue weighted by Gasteiger charge is -2.43. The standard InChI is InChI=1S/C45H48F4N6O8/c1-43(23-45(48,49)25-54(24-43)42(58)61-22-28-9-4-3-5-10-28)53-41(57)60-16-7-13-29-11-6-12-30-17-32(63-27-59-2)18-33(35(29)30)37-36(47)38-34(20-50-37)39(56)52-40(51-38)62-26-44-14-8-15-55(44)21-31(46)19-44/h3-6,9-12,17-18,20,31H,7-8,13-16,19,21-27H2,1-2H3,(H,53,57)(H,51,52,56)/t31-,43?,44+/m1/s1. The van der Waals surface area contributed by atoms with Crippen molar-refractivity contribution >= 4 is 33.9 Å². The molecule has 0 radical (unpaired) electrons. The molecular formula is C45H48F4N6O8. The van der Waals surface area contributed by atoms with Crippen molar-refractivity contribution in [1.29, 1.82) is 0 Å². The molecule has 1 unspecified atom stereocenters. The number of hydrogen-bond acceptors (Lipinski definition) is 11. The van der Waals surface area contributed by atoms with Gasteiger partial charge in [0.25, 0.3) is 17.5 Å². The van der Waals surface area contributed by atoms with Gasteiger partial charge in [0.05, 0.1) is 29.6 Å². The average Bonchev–Trinajstić information content (AvgIpc) is 3.78. The smallest absolute Gasteiger partial charge is 0.410 e. The van der Waals surface area contributed by atoms with E-state index in [9.17, 15) is 27.6 Å². The van der Waals surface area contributed by atoms with Gasteiger partial charge in [-0.05, 0) is 73.2 Å². The van der Waals surface area contributed by atoms with E-state index in [0.717, 1.165) is 29.8 Å². The van der Waals surface area contributed by atoms with Crippen LogP contribution in [0.3, 0.4) is 0 Å². The third kappa shape index (κ3) is 9.66. The summed E-state index contributed by atoms with van der Waals surface area (Å²) in [5.41, 5.74) is -1.31. The summed E-state index contributed by atoms with van der Waals surface area (Å²) >= 11 is 0. The van der Waals surface area contributed by atoms with Crippen LogP contribution in [0.25, 0.3) is 32.9 Å². The fourth-order valence-corrected chi connectivity index (χ4v) is 9.21. The molecule has 3 aliphatic rings. The molecule has 5 heterocycles. The number of methoxy groups -OCH3 is 1. The summed E-state index contributed by atoms with van der Waals surface area (Å²) in [7, 11) is 1.46. The number of ether oxygens (including phenoxy) is 5. The third-order valence-corrected chi connectivity index (χ3v) is 11.8. The van der Waals surface area contributed by atoms with Crippen LogP contribution >= 0.6 is 0 Å². The second-order valence-electron chi connectivity index (χ2n) is 16.8. The molecule has 63 heavy (non-hydrogen) atoms. The lowest BCUT2D eigenvalue weighted by atomic mass is 9.89. The van der Waals surface area contributed by atoms with Crippen LogP contribution < -0.4 is 20.3 Å². The van der Waals surface area contributed by atoms with Crippen LogP contribution in [0.15, 0.2) is 71.7 Å². The van der Waals surface area contributed by atoms with Gasteiger partial charge in [-0.2, -0.15) is 4.98 Å². The molecule has 2 N–H and O–H groups in total. The summed E-state index contributed by atoms with van der Waals surface area (Å²) in [4.78, 5) is 53.3. The van der Waals surface area contributed by atoms with Gasteiger partial charge in [-0.3, -0.25) is 24.6 Å². The molecule has 2 aromatic heterocycles. The van der Waals surface area contributed by atoms with E-state index in [1.54, 1.807) is 42.5 Å². The minimum Gasteiger partial charge on any atom is -0.468 e. The van der Waals surface area contributed by atoms with Crippen LogP contribution in [0.1, 0.15) is 50.2 Å². The number of carbonyl (C=O) groups excluding carboxylic acids is 2. The first-order valence-corrected chi connectivity index (χ1v) is 20.8. The van der Waals surface area contributed by atoms with Crippen molar-refractivity contribution in [3.8, 4) is 23.0 Å². The van der Waals surface area contributed by atoms with Crippen molar-refractivity contribution in [3.05, 3.63) is 94.2 Å². The van der Waals surface area contributed by atoms with Gasteiger partial charge in [-0.15, -0.1) is 0 Å². The number of benzene rings is 3. The second kappa shape index (κ2) is 18.0. The number of aromatic amines is 1. The minimum atomic E-state index is -3.30. The molecule has 0 aliphatic carbocycles. The first kappa shape index (κ1) is 43.6. The van der Waals surface area contributed by atoms with Gasteiger partial charge in [0.2, 0.25) is 0 Å². The highest BCUT2D eigenvalue weighted by Crippen LogP contribution is 2.41. The number of H-pyrrole nitrogens is 1. The maximum Gasteiger partial charge on any atom is 0.410 e. The molecule has 3 aromatic carbocycles. The van der Waals surface area contributed by atoms with Gasteiger partial charge in [0.15, 0.2) is 12.6 Å². The number of carbonyl (C=O) groups is 2. The Morgan fingerprint density at radius 1 is 1.05 bits per heavy atom. The highest BCUT2D eigenvalue weighted by atomic mass is 19.3. The quantitative estimate of drug-likeness (QED) is 0.0655. The van der Waals surface area contributed by atoms with E-state index in [1.165, 1.54) is 20.2 Å². The Bertz CT molecular complexity index is 2550. The zero-order valence-electron chi connectivity index (χ0n) is 34.9. The molecule has 0 spiro atoms. The maximum absolute atomic E-state index is 16.8. The summed E-state index contributed by atoms with van der Waals surface area (Å²) in [5.74, 6) is -3.82. The van der Waals surface area contributed by atoms with Crippen molar-refractivity contribution < 1.29 is 50.8 Å². The number of nitrogens with one attached hydrogen (secondary N) is 2. The molecule has 3 saturated heterocycles. The Kier molecular flexibility index (Phi) is 12.5. The molecular weight excluding hydrogens is 829 g/mol. The van der Waals surface area contributed by atoms with Gasteiger partial charge in [-0.25, -0.2) is 27.2 Å². The number of rotatable bonds is 14. The Labute approximate surface area is 359 Å². The topological polar surface area (TPSA) is 157 Å². The number of halogens is 4. The van der Waals surface area contributed by atoms with Crippen LogP contribution in [0, 0.1) is 5.82 Å². The molecule has 8 rings (SSSR count). The Balaban J connectivity index is 0.980. The van der Waals surface area contributed by atoms with Gasteiger partial charge < -0.3 is 29.0 Å². The summed E-state index contributed by atoms with van der Waals surface area (Å²) < 4.78 is 88.7. The molecule has 5 aromatic rings. The normalized spacial score (nSPS) is 21.9. The van der Waals surface area contributed by atoms with Gasteiger partial charge >= 0.3 is 12.2 Å². The summed E-state index contributed by atoms with van der Waals surface area (Å²) in [6, 6.07) is 17.5. The number of fused-ring (bicyclic) bond motifs is 3. The molecule has 18 heteroatoms. The maximum atomic E-state index is 16.8. The molecule has 14 nitrogen and oxygen atoms in total. The van der Waals surface area contributed by atoms with Crippen LogP contribution in [0.2, 0.25) is 0 Å². The fraction of sp³-hybridized carbons (Fsp3) is 0.444. The van der Waals surface area contributed by atoms with Crippen LogP contribution in [-0.2, 0) is 27.2 Å². The first-order chi connectivity index (χ1) is 30.2. The number of aryl methyl sites for hydroxylation is 1. The predicted molar refractivity (Wildman–Crippen MR) is 223 cm³/mol. The van der Waals surface area contributed by atoms with Crippen molar-refractivity contribution in [2.24, 2.45) is 0 Å². The van der Waals surface area contributed by atoms with Crippen LogP contribution in [-0.4, -0.2) is 113 Å². The highest BCUT2D eigenvalue weighted by Gasteiger charge is 2.50. The Morgan fingerprint density at radius 2 is 1.87 bits per heavy atom. The number of piperidine rings is 1. The van der Waals surface area contributed by atoms with Crippen LogP contribution in [0.5, 0.6) is 11.8 Å². The van der Waals surface area contributed by atoms with E-state index >= 15 is 4.39 Å². The summed E-state index contributed by atoms with van der Waals surface area (Å²) in [6.45, 7) is 1.19. The monoisotopic (exact) mass is 876 g/mol. The molecule has 3 aliphatic heterocycles. The molecule has 3 atom stereocenters. The lowest BCUT2D eigenvalue weighted by molar-refractivity contribution is -0.0897. The van der Waals surface area contributed by atoms with E-state index in [0.29, 0.717) is 47.0 Å². The number of hydrogen-bond donors (Lipinski definition) is 2. The number of amides is 2. The molecule has 334 valence electrons. The summed E-state index contributed by atoms with van der Waals surface area (Å²) in [6.07, 6.45) is 0.225. The highest BCUT2D eigenvalue weighted by molar-refractivity contribution is 6.00. The molecule has 0 saturated carbocycles. The van der Waals surface area contributed by atoms with Crippen molar-refractivity contribution in [3.63, 3.8) is 0 Å². The van der Waals surface area contributed by atoms with E-state index in [1.807, 2.05) is 18.2 Å². The van der Waals surface area contributed by atoms with Crippen molar-refractivity contribution in [2.75, 3.05) is 53.3 Å². The number of alkyl halides is 3. The third-order valence-electron chi connectivity index (χ3n) is 11.8. The SMILES string of the molecule is COCOc1cc(-c2ncc3c(=O)[nH]c(OC[C@@]45CCCN4C[C@H](F)C5)nc3c2F)c2c(CCCOC(=O)NC3(C)CN(C(=O)OCc4ccccc4)CC(F)(F)C3)cccc2c1. The number of pyridine rings is 1. The largest absolute Gasteiger partial charge is 0.468 e. The Hall–Kier alpha value is -6.01. The van der Waals surface area contributed by atoms with E-state index in [4.69, 9.17) is 23.7 Å². The van der Waals surface area contributed by atoms with E-state index < -0.39 is 59.7 Å². The first-order valence-electron chi connectivity index (χ1n) is 20.8. The Morgan fingerprint density at radius 3 is 2.68 bits per heavy atom. The van der Waals surface area contributed by atoms with E-state index in [-0.39, 0.29) is 62.2 Å². The molecule has 2 amide bonds. The lowest BCUT2D eigenvalue weighted by Crippen LogP contribution is -2.63. The second-order valence-corrected chi connectivity index (χ2v) is 16.8. The number of likely N-dealkylation sites (tertiary alicyclic amines) is 1.